The van der Waals surface area contributed by atoms with Gasteiger partial charge >= 0.3 is 0 Å². The average molecular weight is 280 g/mol. The third-order valence-electron chi connectivity index (χ3n) is 5.80. The van der Waals surface area contributed by atoms with Crippen molar-refractivity contribution < 1.29 is 9.53 Å². The highest BCUT2D eigenvalue weighted by Crippen LogP contribution is 2.40. The predicted molar refractivity (Wildman–Crippen MR) is 78.6 cm³/mol. The van der Waals surface area contributed by atoms with Crippen LogP contribution in [0.1, 0.15) is 57.8 Å². The van der Waals surface area contributed by atoms with Gasteiger partial charge in [0.2, 0.25) is 5.91 Å². The molecule has 1 amide bonds. The second-order valence-electron chi connectivity index (χ2n) is 6.92. The van der Waals surface area contributed by atoms with Crippen molar-refractivity contribution in [3.8, 4) is 0 Å². The smallest absolute Gasteiger partial charge is 0.226 e. The van der Waals surface area contributed by atoms with Gasteiger partial charge in [-0.05, 0) is 32.1 Å². The Morgan fingerprint density at radius 2 is 1.90 bits per heavy atom. The van der Waals surface area contributed by atoms with Crippen molar-refractivity contribution in [2.45, 2.75) is 68.9 Å². The maximum atomic E-state index is 12.9. The first kappa shape index (κ1) is 14.3. The first-order valence-corrected chi connectivity index (χ1v) is 8.26. The van der Waals surface area contributed by atoms with Crippen LogP contribution in [0, 0.1) is 0 Å². The van der Waals surface area contributed by atoms with Crippen LogP contribution in [0.3, 0.4) is 0 Å². The highest BCUT2D eigenvalue weighted by atomic mass is 16.5. The number of carbonyl (C=O) groups excluding carboxylic acids is 1. The number of hydrogen-bond donors (Lipinski definition) is 1. The largest absolute Gasteiger partial charge is 0.378 e. The minimum absolute atomic E-state index is 0.103. The van der Waals surface area contributed by atoms with Gasteiger partial charge in [0, 0.05) is 26.7 Å². The maximum Gasteiger partial charge on any atom is 0.226 e. The second-order valence-corrected chi connectivity index (χ2v) is 6.92. The van der Waals surface area contributed by atoms with Crippen molar-refractivity contribution in [2.75, 3.05) is 26.7 Å². The van der Waals surface area contributed by atoms with Gasteiger partial charge in [-0.15, -0.1) is 0 Å². The van der Waals surface area contributed by atoms with Gasteiger partial charge in [0.1, 0.15) is 0 Å². The van der Waals surface area contributed by atoms with Crippen molar-refractivity contribution in [2.24, 2.45) is 0 Å². The van der Waals surface area contributed by atoms with Gasteiger partial charge in [-0.25, -0.2) is 0 Å². The van der Waals surface area contributed by atoms with E-state index in [1.54, 1.807) is 7.11 Å². The zero-order valence-electron chi connectivity index (χ0n) is 12.7. The van der Waals surface area contributed by atoms with Crippen LogP contribution in [-0.2, 0) is 9.53 Å². The van der Waals surface area contributed by atoms with E-state index in [0.29, 0.717) is 12.3 Å². The summed E-state index contributed by atoms with van der Waals surface area (Å²) >= 11 is 0. The van der Waals surface area contributed by atoms with Gasteiger partial charge in [0.15, 0.2) is 0 Å². The highest BCUT2D eigenvalue weighted by Gasteiger charge is 2.46. The van der Waals surface area contributed by atoms with Gasteiger partial charge in [0.05, 0.1) is 17.6 Å². The number of methoxy groups -OCH3 is 1. The number of amides is 1. The van der Waals surface area contributed by atoms with Crippen LogP contribution in [0.25, 0.3) is 0 Å². The summed E-state index contributed by atoms with van der Waals surface area (Å²) in [5, 5.41) is 3.51. The molecular weight excluding hydrogens is 252 g/mol. The molecule has 0 unspecified atom stereocenters. The van der Waals surface area contributed by atoms with E-state index >= 15 is 0 Å². The minimum atomic E-state index is -0.141. The summed E-state index contributed by atoms with van der Waals surface area (Å²) in [7, 11) is 1.76. The van der Waals surface area contributed by atoms with Crippen molar-refractivity contribution in [3.05, 3.63) is 0 Å². The zero-order valence-corrected chi connectivity index (χ0v) is 12.7. The fourth-order valence-corrected chi connectivity index (χ4v) is 4.29. The third kappa shape index (κ3) is 2.48. The summed E-state index contributed by atoms with van der Waals surface area (Å²) in [6, 6.07) is 0. The lowest BCUT2D eigenvalue weighted by atomic mass is 9.75. The number of piperazine rings is 1. The Morgan fingerprint density at radius 3 is 2.50 bits per heavy atom. The molecule has 3 aliphatic rings. The van der Waals surface area contributed by atoms with Crippen LogP contribution in [0.5, 0.6) is 0 Å². The van der Waals surface area contributed by atoms with Crippen molar-refractivity contribution in [3.63, 3.8) is 0 Å². The molecule has 4 nitrogen and oxygen atoms in total. The number of ether oxygens (including phenoxy) is 1. The quantitative estimate of drug-likeness (QED) is 0.860. The number of nitrogens with zero attached hydrogens (tertiary/aromatic N) is 1. The molecule has 0 radical (unpaired) electrons. The Hall–Kier alpha value is -0.610. The lowest BCUT2D eigenvalue weighted by Crippen LogP contribution is -2.64. The van der Waals surface area contributed by atoms with E-state index in [4.69, 9.17) is 4.74 Å². The lowest BCUT2D eigenvalue weighted by molar-refractivity contribution is -0.153. The average Bonchev–Trinajstić information content (AvgIpc) is 2.44. The van der Waals surface area contributed by atoms with Gasteiger partial charge in [-0.3, -0.25) is 4.79 Å². The van der Waals surface area contributed by atoms with E-state index in [1.165, 1.54) is 38.5 Å². The number of nitrogens with one attached hydrogen (secondary N) is 1. The normalized spacial score (nSPS) is 28.1. The molecule has 1 heterocycles. The molecule has 114 valence electrons. The van der Waals surface area contributed by atoms with Crippen LogP contribution in [-0.4, -0.2) is 48.7 Å². The van der Waals surface area contributed by atoms with Gasteiger partial charge in [-0.2, -0.15) is 0 Å². The molecule has 0 aromatic carbocycles. The van der Waals surface area contributed by atoms with E-state index in [1.807, 2.05) is 0 Å². The van der Waals surface area contributed by atoms with Crippen LogP contribution >= 0.6 is 0 Å². The first-order valence-electron chi connectivity index (χ1n) is 8.26. The topological polar surface area (TPSA) is 41.6 Å². The van der Waals surface area contributed by atoms with E-state index in [2.05, 4.69) is 10.2 Å². The van der Waals surface area contributed by atoms with Gasteiger partial charge in [-0.1, -0.05) is 19.3 Å². The van der Waals surface area contributed by atoms with Crippen LogP contribution in [0.2, 0.25) is 0 Å². The molecule has 4 heteroatoms. The molecule has 3 fully saturated rings. The highest BCUT2D eigenvalue weighted by molar-refractivity contribution is 5.78. The Balaban J connectivity index is 1.70. The van der Waals surface area contributed by atoms with Gasteiger partial charge in [0.25, 0.3) is 0 Å². The van der Waals surface area contributed by atoms with Crippen molar-refractivity contribution in [1.29, 1.82) is 0 Å². The fraction of sp³-hybridized carbons (Fsp3) is 0.938. The summed E-state index contributed by atoms with van der Waals surface area (Å²) in [4.78, 5) is 15.1. The van der Waals surface area contributed by atoms with Crippen molar-refractivity contribution >= 4 is 5.91 Å². The molecule has 0 aromatic heterocycles. The first-order chi connectivity index (χ1) is 9.70. The van der Waals surface area contributed by atoms with Gasteiger partial charge < -0.3 is 15.0 Å². The predicted octanol–water partition coefficient (Wildman–Crippen LogP) is 2.08. The Morgan fingerprint density at radius 1 is 1.15 bits per heavy atom. The second kappa shape index (κ2) is 5.64. The molecule has 0 atom stereocenters. The number of hydrogen-bond acceptors (Lipinski definition) is 3. The minimum Gasteiger partial charge on any atom is -0.378 e. The lowest BCUT2D eigenvalue weighted by Gasteiger charge is -2.51. The van der Waals surface area contributed by atoms with Crippen LogP contribution < -0.4 is 5.32 Å². The third-order valence-corrected chi connectivity index (χ3v) is 5.80. The molecule has 3 rings (SSSR count). The van der Waals surface area contributed by atoms with E-state index < -0.39 is 0 Å². The Kier molecular flexibility index (Phi) is 4.04. The summed E-state index contributed by atoms with van der Waals surface area (Å²) in [5.41, 5.74) is -0.0376. The molecule has 2 aliphatic carbocycles. The number of carbonyl (C=O) groups is 1. The molecule has 1 N–H and O–H groups in total. The maximum absolute atomic E-state index is 12.9. The fourth-order valence-electron chi connectivity index (χ4n) is 4.29. The van der Waals surface area contributed by atoms with Crippen molar-refractivity contribution in [1.82, 2.24) is 10.2 Å². The molecule has 2 saturated carbocycles. The van der Waals surface area contributed by atoms with E-state index in [9.17, 15) is 4.79 Å². The molecule has 1 aliphatic heterocycles. The molecular formula is C16H28N2O2. The summed E-state index contributed by atoms with van der Waals surface area (Å²) in [6.45, 7) is 2.80. The van der Waals surface area contributed by atoms with E-state index in [0.717, 1.165) is 32.5 Å². The standard InChI is InChI=1S/C16H28N2O2/c1-20-16(8-5-9-16)12-14(19)18-11-10-17-13-15(18)6-3-2-4-7-15/h17H,2-13H2,1H3. The molecule has 20 heavy (non-hydrogen) atoms. The summed E-state index contributed by atoms with van der Waals surface area (Å²) in [6.07, 6.45) is 10.1. The van der Waals surface area contributed by atoms with Crippen LogP contribution in [0.4, 0.5) is 0 Å². The van der Waals surface area contributed by atoms with E-state index in [-0.39, 0.29) is 11.1 Å². The Labute approximate surface area is 122 Å². The Bertz CT molecular complexity index is 346. The van der Waals surface area contributed by atoms with Crippen LogP contribution in [0.15, 0.2) is 0 Å². The molecule has 1 saturated heterocycles. The molecule has 0 bridgehead atoms. The monoisotopic (exact) mass is 280 g/mol. The molecule has 0 aromatic rings. The number of rotatable bonds is 3. The molecule has 1 spiro atoms. The summed E-state index contributed by atoms with van der Waals surface area (Å²) < 4.78 is 5.65. The zero-order chi connectivity index (χ0) is 14.1. The SMILES string of the molecule is COC1(CC(=O)N2CCNCC23CCCCC3)CCC1. The summed E-state index contributed by atoms with van der Waals surface area (Å²) in [5.74, 6) is 0.329.